The second kappa shape index (κ2) is 4.09. The minimum absolute atomic E-state index is 0.000463. The number of rotatable bonds is 4. The maximum Gasteiger partial charge on any atom is 0.331 e. The number of nitro groups is 1. The Morgan fingerprint density at radius 3 is 2.27 bits per heavy atom. The van der Waals surface area contributed by atoms with Crippen molar-refractivity contribution in [2.24, 2.45) is 0 Å². The molecule has 15 heavy (non-hydrogen) atoms. The van der Waals surface area contributed by atoms with Gasteiger partial charge >= 0.3 is 10.1 Å². The van der Waals surface area contributed by atoms with Gasteiger partial charge in [-0.2, -0.15) is 8.42 Å². The molecule has 0 bridgehead atoms. The molecule has 0 radical (unpaired) electrons. The van der Waals surface area contributed by atoms with Crippen molar-refractivity contribution in [2.45, 2.75) is 0 Å². The molecule has 0 fully saturated rings. The van der Waals surface area contributed by atoms with E-state index in [9.17, 15) is 18.5 Å². The van der Waals surface area contributed by atoms with Crippen LogP contribution in [0.15, 0.2) is 36.3 Å². The molecular formula is C8H7NO5S. The first kappa shape index (κ1) is 11.2. The molecule has 0 unspecified atom stereocenters. The van der Waals surface area contributed by atoms with Crippen LogP contribution in [0.1, 0.15) is 0 Å². The SMILES string of the molecule is C=CS(=O)(=O)Oc1ccc([N+](=O)[O-])cc1. The van der Waals surface area contributed by atoms with E-state index in [4.69, 9.17) is 0 Å². The summed E-state index contributed by atoms with van der Waals surface area (Å²) in [5.41, 5.74) is -0.140. The molecule has 0 aliphatic carbocycles. The Morgan fingerprint density at radius 1 is 1.33 bits per heavy atom. The molecule has 0 N–H and O–H groups in total. The van der Waals surface area contributed by atoms with E-state index < -0.39 is 15.0 Å². The fourth-order valence-electron chi connectivity index (χ4n) is 0.792. The highest BCUT2D eigenvalue weighted by atomic mass is 32.2. The molecule has 0 aliphatic rings. The highest BCUT2D eigenvalue weighted by Crippen LogP contribution is 2.18. The monoisotopic (exact) mass is 229 g/mol. The number of nitro benzene ring substituents is 1. The van der Waals surface area contributed by atoms with E-state index in [1.807, 2.05) is 0 Å². The minimum Gasteiger partial charge on any atom is -0.379 e. The number of nitrogens with zero attached hydrogens (tertiary/aromatic N) is 1. The van der Waals surface area contributed by atoms with Gasteiger partial charge in [-0.3, -0.25) is 10.1 Å². The molecule has 0 spiro atoms. The Hall–Kier alpha value is -1.89. The van der Waals surface area contributed by atoms with E-state index in [0.29, 0.717) is 5.41 Å². The maximum atomic E-state index is 10.9. The molecular weight excluding hydrogens is 222 g/mol. The standard InChI is InChI=1S/C8H7NO5S/c1-2-15(12,13)14-8-5-3-7(4-6-8)9(10)11/h2-6H,1H2. The first-order valence-electron chi connectivity index (χ1n) is 3.76. The molecule has 6 nitrogen and oxygen atoms in total. The van der Waals surface area contributed by atoms with Crippen molar-refractivity contribution < 1.29 is 17.5 Å². The molecule has 0 saturated carbocycles. The lowest BCUT2D eigenvalue weighted by molar-refractivity contribution is -0.384. The van der Waals surface area contributed by atoms with Crippen LogP contribution < -0.4 is 4.18 Å². The van der Waals surface area contributed by atoms with Crippen LogP contribution in [0.4, 0.5) is 5.69 Å². The van der Waals surface area contributed by atoms with Gasteiger partial charge in [-0.05, 0) is 12.1 Å². The summed E-state index contributed by atoms with van der Waals surface area (Å²) in [5, 5.41) is 10.9. The summed E-state index contributed by atoms with van der Waals surface area (Å²) in [6, 6.07) is 4.68. The van der Waals surface area contributed by atoms with Crippen molar-refractivity contribution >= 4 is 15.8 Å². The van der Waals surface area contributed by atoms with Crippen molar-refractivity contribution in [3.8, 4) is 5.75 Å². The van der Waals surface area contributed by atoms with E-state index in [-0.39, 0.29) is 11.4 Å². The second-order valence-corrected chi connectivity index (χ2v) is 3.98. The summed E-state index contributed by atoms with van der Waals surface area (Å²) < 4.78 is 26.3. The van der Waals surface area contributed by atoms with E-state index in [1.165, 1.54) is 12.1 Å². The zero-order valence-electron chi connectivity index (χ0n) is 7.49. The largest absolute Gasteiger partial charge is 0.379 e. The summed E-state index contributed by atoms with van der Waals surface area (Å²) in [6.07, 6.45) is 0. The second-order valence-electron chi connectivity index (χ2n) is 2.49. The zero-order chi connectivity index (χ0) is 11.5. The van der Waals surface area contributed by atoms with Crippen molar-refractivity contribution in [3.05, 3.63) is 46.4 Å². The molecule has 0 atom stereocenters. The van der Waals surface area contributed by atoms with Gasteiger partial charge in [0.1, 0.15) is 5.75 Å². The topological polar surface area (TPSA) is 86.5 Å². The van der Waals surface area contributed by atoms with Gasteiger partial charge in [0.25, 0.3) is 5.69 Å². The molecule has 80 valence electrons. The van der Waals surface area contributed by atoms with Gasteiger partial charge in [0.2, 0.25) is 0 Å². The van der Waals surface area contributed by atoms with Crippen molar-refractivity contribution in [1.82, 2.24) is 0 Å². The summed E-state index contributed by atoms with van der Waals surface area (Å²) in [5.74, 6) is 0.000463. The molecule has 0 saturated heterocycles. The van der Waals surface area contributed by atoms with Gasteiger partial charge in [-0.25, -0.2) is 0 Å². The van der Waals surface area contributed by atoms with Crippen LogP contribution >= 0.6 is 0 Å². The van der Waals surface area contributed by atoms with Crippen LogP contribution in [0.2, 0.25) is 0 Å². The van der Waals surface area contributed by atoms with Crippen LogP contribution in [0.3, 0.4) is 0 Å². The molecule has 0 aliphatic heterocycles. The Balaban J connectivity index is 2.91. The molecule has 1 rings (SSSR count). The smallest absolute Gasteiger partial charge is 0.331 e. The number of benzene rings is 1. The minimum atomic E-state index is -3.81. The third-order valence-corrected chi connectivity index (χ3v) is 2.30. The highest BCUT2D eigenvalue weighted by Gasteiger charge is 2.09. The lowest BCUT2D eigenvalue weighted by atomic mass is 10.3. The Labute approximate surface area is 86.1 Å². The lowest BCUT2D eigenvalue weighted by Gasteiger charge is -2.01. The Kier molecular flexibility index (Phi) is 3.05. The van der Waals surface area contributed by atoms with Gasteiger partial charge in [-0.15, -0.1) is 0 Å². The first-order chi connectivity index (χ1) is 6.94. The van der Waals surface area contributed by atoms with Crippen LogP contribution in [-0.4, -0.2) is 13.3 Å². The summed E-state index contributed by atoms with van der Waals surface area (Å²) in [4.78, 5) is 9.69. The van der Waals surface area contributed by atoms with Crippen molar-refractivity contribution in [2.75, 3.05) is 0 Å². The molecule has 0 amide bonds. The van der Waals surface area contributed by atoms with Crippen molar-refractivity contribution in [3.63, 3.8) is 0 Å². The van der Waals surface area contributed by atoms with E-state index >= 15 is 0 Å². The summed E-state index contributed by atoms with van der Waals surface area (Å²) >= 11 is 0. The van der Waals surface area contributed by atoms with Crippen LogP contribution in [0, 0.1) is 10.1 Å². The van der Waals surface area contributed by atoms with Gasteiger partial charge in [0.05, 0.1) is 10.3 Å². The van der Waals surface area contributed by atoms with E-state index in [1.54, 1.807) is 0 Å². The van der Waals surface area contributed by atoms with Crippen molar-refractivity contribution in [1.29, 1.82) is 0 Å². The average Bonchev–Trinajstić information content (AvgIpc) is 2.18. The van der Waals surface area contributed by atoms with Gasteiger partial charge in [-0.1, -0.05) is 6.58 Å². The molecule has 1 aromatic rings. The predicted molar refractivity (Wildman–Crippen MR) is 52.8 cm³/mol. The maximum absolute atomic E-state index is 10.9. The average molecular weight is 229 g/mol. The molecule has 0 aromatic heterocycles. The lowest BCUT2D eigenvalue weighted by Crippen LogP contribution is -2.04. The predicted octanol–water partition coefficient (Wildman–Crippen LogP) is 1.45. The third-order valence-electron chi connectivity index (χ3n) is 1.46. The molecule has 7 heteroatoms. The first-order valence-corrected chi connectivity index (χ1v) is 5.23. The van der Waals surface area contributed by atoms with Crippen LogP contribution in [0.5, 0.6) is 5.75 Å². The summed E-state index contributed by atoms with van der Waals surface area (Å²) in [6.45, 7) is 3.05. The number of hydrogen-bond donors (Lipinski definition) is 0. The number of non-ortho nitro benzene ring substituents is 1. The quantitative estimate of drug-likeness (QED) is 0.443. The fourth-order valence-corrected chi connectivity index (χ4v) is 1.24. The van der Waals surface area contributed by atoms with Gasteiger partial charge in [0.15, 0.2) is 0 Å². The molecule has 0 heterocycles. The third kappa shape index (κ3) is 3.06. The molecule has 1 aromatic carbocycles. The van der Waals surface area contributed by atoms with E-state index in [0.717, 1.165) is 12.1 Å². The zero-order valence-corrected chi connectivity index (χ0v) is 8.31. The Bertz CT molecular complexity index is 476. The van der Waals surface area contributed by atoms with Gasteiger partial charge < -0.3 is 4.18 Å². The van der Waals surface area contributed by atoms with E-state index in [2.05, 4.69) is 10.8 Å². The summed E-state index contributed by atoms with van der Waals surface area (Å²) in [7, 11) is -3.81. The fraction of sp³-hybridized carbons (Fsp3) is 0. The van der Waals surface area contributed by atoms with Crippen LogP contribution in [-0.2, 0) is 10.1 Å². The van der Waals surface area contributed by atoms with Crippen LogP contribution in [0.25, 0.3) is 0 Å². The Morgan fingerprint density at radius 2 is 1.87 bits per heavy atom. The van der Waals surface area contributed by atoms with Gasteiger partial charge in [0, 0.05) is 12.1 Å². The highest BCUT2D eigenvalue weighted by molar-refractivity contribution is 7.90. The number of hydrogen-bond acceptors (Lipinski definition) is 5. The normalized spacial score (nSPS) is 10.7.